The molecule has 0 aromatic carbocycles. The van der Waals surface area contributed by atoms with Gasteiger partial charge in [0.15, 0.2) is 0 Å². The summed E-state index contributed by atoms with van der Waals surface area (Å²) in [5.74, 6) is 0. The molecule has 0 aromatic rings. The second kappa shape index (κ2) is 4.37. The average Bonchev–Trinajstić information content (AvgIpc) is 2.11. The van der Waals surface area contributed by atoms with Crippen LogP contribution >= 0.6 is 0 Å². The van der Waals surface area contributed by atoms with Crippen molar-refractivity contribution in [3.05, 3.63) is 0 Å². The number of aliphatic hydroxyl groups is 3. The zero-order valence-electron chi connectivity index (χ0n) is 8.05. The van der Waals surface area contributed by atoms with E-state index in [0.29, 0.717) is 6.42 Å². The maximum Gasteiger partial charge on any atom is 0.111 e. The van der Waals surface area contributed by atoms with Crippen molar-refractivity contribution >= 4 is 0 Å². The van der Waals surface area contributed by atoms with Crippen LogP contribution in [0.4, 0.5) is 0 Å². The summed E-state index contributed by atoms with van der Waals surface area (Å²) < 4.78 is 5.36. The van der Waals surface area contributed by atoms with Crippen LogP contribution in [0.15, 0.2) is 0 Å². The highest BCUT2D eigenvalue weighted by Crippen LogP contribution is 2.23. The van der Waals surface area contributed by atoms with Gasteiger partial charge in [-0.15, -0.1) is 0 Å². The highest BCUT2D eigenvalue weighted by Gasteiger charge is 2.40. The van der Waals surface area contributed by atoms with E-state index in [9.17, 15) is 15.3 Å². The van der Waals surface area contributed by atoms with Gasteiger partial charge >= 0.3 is 0 Å². The Bertz CT molecular complexity index is 162. The van der Waals surface area contributed by atoms with Gasteiger partial charge in [0.1, 0.15) is 18.3 Å². The Morgan fingerprint density at radius 3 is 2.23 bits per heavy atom. The molecule has 3 N–H and O–H groups in total. The van der Waals surface area contributed by atoms with Gasteiger partial charge in [0, 0.05) is 0 Å². The van der Waals surface area contributed by atoms with Crippen LogP contribution < -0.4 is 0 Å². The minimum atomic E-state index is -1.08. The van der Waals surface area contributed by atoms with Crippen LogP contribution in [-0.2, 0) is 4.74 Å². The summed E-state index contributed by atoms with van der Waals surface area (Å²) in [7, 11) is 0. The van der Waals surface area contributed by atoms with Crippen LogP contribution in [0.1, 0.15) is 26.7 Å². The smallest absolute Gasteiger partial charge is 0.111 e. The van der Waals surface area contributed by atoms with Crippen LogP contribution in [0.25, 0.3) is 0 Å². The van der Waals surface area contributed by atoms with Crippen molar-refractivity contribution in [1.82, 2.24) is 0 Å². The topological polar surface area (TPSA) is 69.9 Å². The molecule has 0 bridgehead atoms. The monoisotopic (exact) mass is 190 g/mol. The van der Waals surface area contributed by atoms with E-state index >= 15 is 0 Å². The molecular formula is C9H18O4. The van der Waals surface area contributed by atoms with Gasteiger partial charge < -0.3 is 20.1 Å². The van der Waals surface area contributed by atoms with Crippen molar-refractivity contribution in [3.8, 4) is 0 Å². The number of rotatable bonds is 2. The van der Waals surface area contributed by atoms with E-state index in [0.717, 1.165) is 6.42 Å². The van der Waals surface area contributed by atoms with Gasteiger partial charge in [-0.2, -0.15) is 0 Å². The molecule has 4 nitrogen and oxygen atoms in total. The fourth-order valence-electron chi connectivity index (χ4n) is 1.66. The molecule has 1 rings (SSSR count). The maximum absolute atomic E-state index is 9.52. The summed E-state index contributed by atoms with van der Waals surface area (Å²) >= 11 is 0. The quantitative estimate of drug-likeness (QED) is 0.557. The highest BCUT2D eigenvalue weighted by atomic mass is 16.5. The fourth-order valence-corrected chi connectivity index (χ4v) is 1.66. The molecule has 1 aliphatic rings. The van der Waals surface area contributed by atoms with Crippen LogP contribution in [0.2, 0.25) is 0 Å². The first kappa shape index (κ1) is 10.9. The molecule has 13 heavy (non-hydrogen) atoms. The van der Waals surface area contributed by atoms with Gasteiger partial charge in [0.25, 0.3) is 0 Å². The molecule has 0 aliphatic carbocycles. The predicted molar refractivity (Wildman–Crippen MR) is 47.3 cm³/mol. The summed E-state index contributed by atoms with van der Waals surface area (Å²) in [6, 6.07) is 0. The SMILES string of the molecule is CCCC1O[C@@H](C)[C@H](O)[C@@H](O)[C@H]1O. The van der Waals surface area contributed by atoms with Gasteiger partial charge in [0.05, 0.1) is 12.2 Å². The molecule has 0 saturated carbocycles. The molecule has 4 heteroatoms. The number of hydrogen-bond acceptors (Lipinski definition) is 4. The Hall–Kier alpha value is -0.160. The highest BCUT2D eigenvalue weighted by molar-refractivity contribution is 4.90. The standard InChI is InChI=1S/C9H18O4/c1-3-4-6-8(11)9(12)7(10)5(2)13-6/h5-12H,3-4H2,1-2H3/t5-,6?,7-,8-,9+/m0/s1. The van der Waals surface area contributed by atoms with E-state index in [1.54, 1.807) is 6.92 Å². The fraction of sp³-hybridized carbons (Fsp3) is 1.00. The lowest BCUT2D eigenvalue weighted by Crippen LogP contribution is -2.56. The summed E-state index contributed by atoms with van der Waals surface area (Å²) in [5.41, 5.74) is 0. The van der Waals surface area contributed by atoms with E-state index in [4.69, 9.17) is 4.74 Å². The normalized spacial score (nSPS) is 46.4. The second-order valence-corrected chi connectivity index (χ2v) is 3.64. The van der Waals surface area contributed by atoms with Crippen LogP contribution in [0.3, 0.4) is 0 Å². The van der Waals surface area contributed by atoms with E-state index < -0.39 is 24.4 Å². The van der Waals surface area contributed by atoms with Gasteiger partial charge in [-0.3, -0.25) is 0 Å². The zero-order valence-corrected chi connectivity index (χ0v) is 8.05. The molecule has 0 aromatic heterocycles. The van der Waals surface area contributed by atoms with Crippen molar-refractivity contribution in [2.45, 2.75) is 57.2 Å². The van der Waals surface area contributed by atoms with Crippen LogP contribution in [0, 0.1) is 0 Å². The van der Waals surface area contributed by atoms with Crippen molar-refractivity contribution in [2.24, 2.45) is 0 Å². The van der Waals surface area contributed by atoms with E-state index in [1.165, 1.54) is 0 Å². The van der Waals surface area contributed by atoms with Crippen LogP contribution in [-0.4, -0.2) is 45.8 Å². The van der Waals surface area contributed by atoms with Crippen LogP contribution in [0.5, 0.6) is 0 Å². The van der Waals surface area contributed by atoms with E-state index in [-0.39, 0.29) is 6.10 Å². The lowest BCUT2D eigenvalue weighted by Gasteiger charge is -2.39. The number of hydrogen-bond donors (Lipinski definition) is 3. The molecule has 1 fully saturated rings. The minimum Gasteiger partial charge on any atom is -0.388 e. The summed E-state index contributed by atoms with van der Waals surface area (Å²) in [5, 5.41) is 28.3. The Kier molecular flexibility index (Phi) is 3.67. The first-order chi connectivity index (χ1) is 6.07. The predicted octanol–water partition coefficient (Wildman–Crippen LogP) is -0.344. The molecule has 0 spiro atoms. The third kappa shape index (κ3) is 2.20. The Labute approximate surface area is 78.1 Å². The third-order valence-electron chi connectivity index (χ3n) is 2.52. The first-order valence-electron chi connectivity index (χ1n) is 4.77. The van der Waals surface area contributed by atoms with Gasteiger partial charge in [-0.1, -0.05) is 13.3 Å². The van der Waals surface area contributed by atoms with E-state index in [2.05, 4.69) is 0 Å². The zero-order chi connectivity index (χ0) is 10.0. The third-order valence-corrected chi connectivity index (χ3v) is 2.52. The molecule has 1 saturated heterocycles. The number of aliphatic hydroxyl groups excluding tert-OH is 3. The van der Waals surface area contributed by atoms with Crippen molar-refractivity contribution < 1.29 is 20.1 Å². The first-order valence-corrected chi connectivity index (χ1v) is 4.77. The van der Waals surface area contributed by atoms with Crippen molar-refractivity contribution in [1.29, 1.82) is 0 Å². The summed E-state index contributed by atoms with van der Waals surface area (Å²) in [6.07, 6.45) is -2.20. The molecule has 0 radical (unpaired) electrons. The van der Waals surface area contributed by atoms with Gasteiger partial charge in [-0.05, 0) is 13.3 Å². The Morgan fingerprint density at radius 2 is 1.69 bits per heavy atom. The van der Waals surface area contributed by atoms with E-state index in [1.807, 2.05) is 6.92 Å². The molecule has 5 atom stereocenters. The van der Waals surface area contributed by atoms with Crippen molar-refractivity contribution in [2.75, 3.05) is 0 Å². The number of ether oxygens (including phenoxy) is 1. The largest absolute Gasteiger partial charge is 0.388 e. The molecular weight excluding hydrogens is 172 g/mol. The maximum atomic E-state index is 9.52. The molecule has 1 heterocycles. The van der Waals surface area contributed by atoms with Gasteiger partial charge in [0.2, 0.25) is 0 Å². The van der Waals surface area contributed by atoms with Gasteiger partial charge in [-0.25, -0.2) is 0 Å². The Morgan fingerprint density at radius 1 is 1.08 bits per heavy atom. The lowest BCUT2D eigenvalue weighted by molar-refractivity contribution is -0.218. The molecule has 1 aliphatic heterocycles. The lowest BCUT2D eigenvalue weighted by atomic mass is 9.93. The average molecular weight is 190 g/mol. The summed E-state index contributed by atoms with van der Waals surface area (Å²) in [6.45, 7) is 3.68. The van der Waals surface area contributed by atoms with Crippen molar-refractivity contribution in [3.63, 3.8) is 0 Å². The molecule has 78 valence electrons. The molecule has 0 amide bonds. The minimum absolute atomic E-state index is 0.349. The molecule has 1 unspecified atom stereocenters. The summed E-state index contributed by atoms with van der Waals surface area (Å²) in [4.78, 5) is 0. The second-order valence-electron chi connectivity index (χ2n) is 3.64. The Balaban J connectivity index is 2.59.